The predicted octanol–water partition coefficient (Wildman–Crippen LogP) is 5.03. The number of rotatable bonds is 3. The van der Waals surface area contributed by atoms with Gasteiger partial charge in [-0.1, -0.05) is 0 Å². The van der Waals surface area contributed by atoms with Crippen LogP contribution >= 0.6 is 0 Å². The predicted molar refractivity (Wildman–Crippen MR) is 76.9 cm³/mol. The fraction of sp³-hybridized carbons (Fsp3) is 0.526. The van der Waals surface area contributed by atoms with Gasteiger partial charge in [-0.2, -0.15) is 0 Å². The van der Waals surface area contributed by atoms with Crippen molar-refractivity contribution in [2.45, 2.75) is 44.6 Å². The Bertz CT molecular complexity index is 1190. The normalized spacial score (nSPS) is 98.8. The summed E-state index contributed by atoms with van der Waals surface area (Å²) in [6.45, 7) is 0. The van der Waals surface area contributed by atoms with E-state index in [-0.39, 0.29) is 0 Å². The van der Waals surface area contributed by atoms with E-state index in [0.29, 0.717) is 9.79 Å². The molecule has 4 atom stereocenters. The minimum atomic E-state index is -3.47. The number of allylic oxidation sites excluding steroid dienone is 1. The number of carbonyl (C=O) groups excluding carboxylic acids is 1. The number of benzene rings is 1. The third-order valence-corrected chi connectivity index (χ3v) is 82.9. The molecule has 10 fully saturated rings. The molecule has 1 aromatic carbocycles. The van der Waals surface area contributed by atoms with Crippen molar-refractivity contribution in [2.75, 3.05) is 0 Å². The van der Waals surface area contributed by atoms with Crippen LogP contribution in [0.15, 0.2) is 36.4 Å². The third kappa shape index (κ3) is 0.107. The van der Waals surface area contributed by atoms with Crippen molar-refractivity contribution in [3.05, 3.63) is 42.0 Å². The second kappa shape index (κ2) is 0.788. The maximum absolute atomic E-state index is 13.3. The second-order valence-electron chi connectivity index (χ2n) is 11.8. The Hall–Kier alpha value is -0.747. The van der Waals surface area contributed by atoms with Crippen LogP contribution < -0.4 is 0 Å². The van der Waals surface area contributed by atoms with Crippen molar-refractivity contribution in [1.29, 1.82) is 0 Å². The number of carbonyl (C=O) groups is 1. The summed E-state index contributed by atoms with van der Waals surface area (Å²) in [5.41, 5.74) is 1.19. The number of ketones is 1. The van der Waals surface area contributed by atoms with Crippen molar-refractivity contribution >= 4 is 11.9 Å². The Morgan fingerprint density at radius 2 is 1.48 bits per heavy atom. The van der Waals surface area contributed by atoms with Gasteiger partial charge < -0.3 is 0 Å². The second-order valence-corrected chi connectivity index (χ2v) is 48.9. The number of fused-ring (bicyclic) bond motifs is 10. The Morgan fingerprint density at radius 3 is 1.90 bits per heavy atom. The van der Waals surface area contributed by atoms with Crippen molar-refractivity contribution in [3.63, 3.8) is 0 Å². The van der Waals surface area contributed by atoms with E-state index in [1.807, 2.05) is 12.1 Å². The Labute approximate surface area is 111 Å². The molecule has 1 nitrogen and oxygen atoms in total. The van der Waals surface area contributed by atoms with Gasteiger partial charge in [-0.3, -0.25) is 0 Å². The van der Waals surface area contributed by atoms with Gasteiger partial charge in [-0.15, -0.1) is 0 Å². The van der Waals surface area contributed by atoms with E-state index in [1.54, 1.807) is 0 Å². The average molecular weight is 361 g/mol. The van der Waals surface area contributed by atoms with Gasteiger partial charge in [-0.25, -0.2) is 0 Å². The molecular formula is C19H16ORu. The van der Waals surface area contributed by atoms with Crippen molar-refractivity contribution in [1.82, 2.24) is 0 Å². The van der Waals surface area contributed by atoms with Crippen LogP contribution in [-0.2, 0) is 12.5 Å². The summed E-state index contributed by atoms with van der Waals surface area (Å²) in [5.74, 6) is 0.645. The quantitative estimate of drug-likeness (QED) is 0.545. The molecule has 10 aliphatic rings. The first-order valence-corrected chi connectivity index (χ1v) is 18.4. The zero-order valence-electron chi connectivity index (χ0n) is 11.5. The molecule has 0 bridgehead atoms. The fourth-order valence-electron chi connectivity index (χ4n) is 17.7. The molecule has 21 heavy (non-hydrogen) atoms. The minimum absolute atomic E-state index is 0.425. The van der Waals surface area contributed by atoms with Gasteiger partial charge in [0, 0.05) is 0 Å². The molecule has 1 spiro atoms. The summed E-state index contributed by atoms with van der Waals surface area (Å²) in [5, 5.41) is 0. The summed E-state index contributed by atoms with van der Waals surface area (Å²) in [7, 11) is -3.47. The topological polar surface area (TPSA) is 17.1 Å². The maximum atomic E-state index is 13.3. The van der Waals surface area contributed by atoms with Crippen LogP contribution in [0.4, 0.5) is 0 Å². The van der Waals surface area contributed by atoms with E-state index in [0.717, 1.165) is 9.02 Å². The molecule has 2 heteroatoms. The van der Waals surface area contributed by atoms with Crippen molar-refractivity contribution in [2.24, 2.45) is 0 Å². The zero-order chi connectivity index (χ0) is 13.1. The molecule has 0 amide bonds. The molecule has 1 aromatic rings. The standard InChI is InChI=1S/C14H11O.C5H5.Ru/c15-14(13-8-4-5-9-13)11-10-12-6-2-1-3-7-12;1-2-4-5-3-1;/h1-11H;1-5H;. The van der Waals surface area contributed by atoms with Crippen molar-refractivity contribution in [3.8, 4) is 0 Å². The van der Waals surface area contributed by atoms with Crippen LogP contribution in [-0.4, -0.2) is 5.78 Å². The molecule has 0 saturated carbocycles. The Morgan fingerprint density at radius 1 is 0.905 bits per heavy atom. The summed E-state index contributed by atoms with van der Waals surface area (Å²) in [6, 6.07) is 10.4. The first-order chi connectivity index (χ1) is 10.0. The van der Waals surface area contributed by atoms with E-state index in [1.165, 1.54) is 37.1 Å². The van der Waals surface area contributed by atoms with Crippen molar-refractivity contribution < 1.29 is 12.5 Å². The van der Waals surface area contributed by atoms with Gasteiger partial charge in [-0.05, 0) is 0 Å². The van der Waals surface area contributed by atoms with E-state index in [9.17, 15) is 4.79 Å². The third-order valence-electron chi connectivity index (χ3n) is 16.3. The molecule has 0 radical (unpaired) electrons. The molecular weight excluding hydrogens is 345 g/mol. The fourth-order valence-corrected chi connectivity index (χ4v) is 150. The molecule has 0 aliphatic carbocycles. The zero-order valence-corrected chi connectivity index (χ0v) is 13.2. The monoisotopic (exact) mass is 362 g/mol. The van der Waals surface area contributed by atoms with E-state index < -0.39 is 7.72 Å². The molecule has 106 valence electrons. The average Bonchev–Trinajstić information content (AvgIpc) is 3.46. The first kappa shape index (κ1) is 8.20. The van der Waals surface area contributed by atoms with Gasteiger partial charge >= 0.3 is 111 Å². The number of hydrogen-bond donors (Lipinski definition) is 0. The van der Waals surface area contributed by atoms with Gasteiger partial charge in [0.15, 0.2) is 0 Å². The van der Waals surface area contributed by atoms with Crippen LogP contribution in [0.3, 0.4) is 0 Å². The van der Waals surface area contributed by atoms with E-state index >= 15 is 0 Å². The van der Waals surface area contributed by atoms with Gasteiger partial charge in [0.1, 0.15) is 0 Å². The first-order valence-electron chi connectivity index (χ1n) is 8.53. The summed E-state index contributed by atoms with van der Waals surface area (Å²) >= 11 is 0. The molecule has 10 aliphatic heterocycles. The summed E-state index contributed by atoms with van der Waals surface area (Å²) in [6.07, 6.45) is 4.14. The van der Waals surface area contributed by atoms with Crippen LogP contribution in [0.1, 0.15) is 5.56 Å². The van der Waals surface area contributed by atoms with Gasteiger partial charge in [0.2, 0.25) is 0 Å². The van der Waals surface area contributed by atoms with E-state index in [2.05, 4.69) is 30.3 Å². The molecule has 11 rings (SSSR count). The molecule has 0 N–H and O–H groups in total. The molecule has 4 unspecified atom stereocenters. The Kier molecular flexibility index (Phi) is 0.308. The van der Waals surface area contributed by atoms with Crippen LogP contribution in [0.25, 0.3) is 6.08 Å². The van der Waals surface area contributed by atoms with Crippen LogP contribution in [0.5, 0.6) is 0 Å². The molecule has 10 heterocycles. The van der Waals surface area contributed by atoms with Crippen LogP contribution in [0.2, 0.25) is 44.6 Å². The Balaban J connectivity index is 1.23. The number of hydrogen-bond acceptors (Lipinski definition) is 1. The summed E-state index contributed by atoms with van der Waals surface area (Å²) < 4.78 is 11.6. The SMILES string of the molecule is O=C(C=Cc1ccccc1)[C]12[CH]3[CH]4[CH]5[CH]1[Ru]45321678[CH]2[CH]1[CH]6[CH]7[CH]28. The summed E-state index contributed by atoms with van der Waals surface area (Å²) in [4.78, 5) is 13.3. The molecule has 0 aromatic heterocycles. The van der Waals surface area contributed by atoms with E-state index in [4.69, 9.17) is 0 Å². The van der Waals surface area contributed by atoms with Crippen LogP contribution in [0, 0.1) is 0 Å². The molecule has 10 saturated heterocycles. The van der Waals surface area contributed by atoms with Gasteiger partial charge in [0.25, 0.3) is 0 Å². The van der Waals surface area contributed by atoms with Gasteiger partial charge in [0.05, 0.1) is 0 Å².